The number of aryl methyl sites for hydroxylation is 2. The molecule has 3 aromatic heterocycles. The van der Waals surface area contributed by atoms with Crippen molar-refractivity contribution in [1.29, 1.82) is 0 Å². The molecular weight excluding hydrogens is 429 g/mol. The molecule has 168 valence electrons. The summed E-state index contributed by atoms with van der Waals surface area (Å²) in [5.74, 6) is -0.478. The minimum atomic E-state index is -4.87. The van der Waals surface area contributed by atoms with Crippen LogP contribution in [0.3, 0.4) is 0 Å². The zero-order valence-corrected chi connectivity index (χ0v) is 17.5. The number of halogens is 3. The van der Waals surface area contributed by atoms with Gasteiger partial charge in [0.25, 0.3) is 11.5 Å². The lowest BCUT2D eigenvalue weighted by atomic mass is 10.0. The number of rotatable bonds is 2. The van der Waals surface area contributed by atoms with E-state index in [1.807, 2.05) is 0 Å². The Morgan fingerprint density at radius 3 is 2.47 bits per heavy atom. The Morgan fingerprint density at radius 1 is 1.12 bits per heavy atom. The van der Waals surface area contributed by atoms with Crippen LogP contribution in [-0.4, -0.2) is 41.4 Å². The summed E-state index contributed by atoms with van der Waals surface area (Å²) in [6.07, 6.45) is -1.20. The van der Waals surface area contributed by atoms with Crippen molar-refractivity contribution in [2.24, 2.45) is 14.1 Å². The molecule has 9 nitrogen and oxygen atoms in total. The molecule has 0 radical (unpaired) electrons. The van der Waals surface area contributed by atoms with Gasteiger partial charge in [-0.1, -0.05) is 0 Å². The van der Waals surface area contributed by atoms with Crippen molar-refractivity contribution < 1.29 is 18.0 Å². The van der Waals surface area contributed by atoms with E-state index in [1.54, 1.807) is 6.92 Å². The lowest BCUT2D eigenvalue weighted by Gasteiger charge is -2.25. The van der Waals surface area contributed by atoms with Gasteiger partial charge in [0.15, 0.2) is 0 Å². The molecule has 1 saturated heterocycles. The zero-order valence-electron chi connectivity index (χ0n) is 17.5. The second-order valence-electron chi connectivity index (χ2n) is 7.70. The summed E-state index contributed by atoms with van der Waals surface area (Å²) >= 11 is 0. The minimum absolute atomic E-state index is 0.0426. The van der Waals surface area contributed by atoms with Crippen molar-refractivity contribution in [1.82, 2.24) is 29.0 Å². The van der Waals surface area contributed by atoms with E-state index in [0.717, 1.165) is 17.7 Å². The van der Waals surface area contributed by atoms with Gasteiger partial charge in [0, 0.05) is 26.8 Å². The van der Waals surface area contributed by atoms with E-state index < -0.39 is 40.3 Å². The highest BCUT2D eigenvalue weighted by Gasteiger charge is 2.39. The fraction of sp³-hybridized carbons (Fsp3) is 0.400. The van der Waals surface area contributed by atoms with Gasteiger partial charge in [0.1, 0.15) is 11.3 Å². The monoisotopic (exact) mass is 448 g/mol. The number of carbonyl (C=O) groups is 1. The number of amides is 1. The molecule has 12 heteroatoms. The minimum Gasteiger partial charge on any atom is -0.329 e. The maximum Gasteiger partial charge on any atom is 0.417 e. The summed E-state index contributed by atoms with van der Waals surface area (Å²) in [7, 11) is 2.36. The van der Waals surface area contributed by atoms with Gasteiger partial charge in [-0.3, -0.25) is 23.7 Å². The summed E-state index contributed by atoms with van der Waals surface area (Å²) < 4.78 is 43.3. The summed E-state index contributed by atoms with van der Waals surface area (Å²) in [5.41, 5.74) is -2.80. The van der Waals surface area contributed by atoms with Gasteiger partial charge in [0.2, 0.25) is 0 Å². The van der Waals surface area contributed by atoms with E-state index in [2.05, 4.69) is 15.0 Å². The molecule has 4 rings (SSSR count). The van der Waals surface area contributed by atoms with Crippen LogP contribution in [-0.2, 0) is 20.3 Å². The SMILES string of the molecule is Cc1cnc(C(=O)N2CCC[C@H]2c2cc(C(F)(F)F)c3c(=O)n(C)c(=O)n(C)c3n2)cn1. The van der Waals surface area contributed by atoms with Crippen LogP contribution in [0.2, 0.25) is 0 Å². The second-order valence-corrected chi connectivity index (χ2v) is 7.70. The molecule has 3 aromatic rings. The van der Waals surface area contributed by atoms with E-state index in [9.17, 15) is 27.6 Å². The van der Waals surface area contributed by atoms with E-state index in [-0.39, 0.29) is 17.0 Å². The van der Waals surface area contributed by atoms with Gasteiger partial charge in [-0.15, -0.1) is 0 Å². The highest BCUT2D eigenvalue weighted by molar-refractivity contribution is 5.92. The number of nitrogens with zero attached hydrogens (tertiary/aromatic N) is 6. The van der Waals surface area contributed by atoms with Crippen LogP contribution in [0.25, 0.3) is 11.0 Å². The Hall–Kier alpha value is -3.57. The first-order valence-corrected chi connectivity index (χ1v) is 9.78. The van der Waals surface area contributed by atoms with Crippen molar-refractivity contribution >= 4 is 16.9 Å². The molecule has 1 aliphatic rings. The number of carbonyl (C=O) groups excluding carboxylic acids is 1. The topological polar surface area (TPSA) is 103 Å². The summed E-state index contributed by atoms with van der Waals surface area (Å²) in [5, 5.41) is -0.689. The molecule has 1 amide bonds. The number of hydrogen-bond acceptors (Lipinski definition) is 6. The third-order valence-corrected chi connectivity index (χ3v) is 5.59. The standard InChI is InChI=1S/C20H19F3N6O3/c1-10-8-25-13(9-24-10)17(30)29-6-4-5-14(29)12-7-11(20(21,22)23)15-16(26-12)27(2)19(32)28(3)18(15)31/h7-9,14H,4-6H2,1-3H3/t14-/m0/s1. The van der Waals surface area contributed by atoms with E-state index >= 15 is 0 Å². The van der Waals surface area contributed by atoms with Crippen LogP contribution in [0, 0.1) is 6.92 Å². The molecule has 32 heavy (non-hydrogen) atoms. The van der Waals surface area contributed by atoms with Gasteiger partial charge >= 0.3 is 11.9 Å². The molecule has 1 fully saturated rings. The van der Waals surface area contributed by atoms with Crippen molar-refractivity contribution in [2.45, 2.75) is 32.0 Å². The van der Waals surface area contributed by atoms with Crippen LogP contribution in [0.4, 0.5) is 13.2 Å². The second kappa shape index (κ2) is 7.53. The molecule has 0 aromatic carbocycles. The highest BCUT2D eigenvalue weighted by atomic mass is 19.4. The zero-order chi connectivity index (χ0) is 23.4. The average molecular weight is 448 g/mol. The van der Waals surface area contributed by atoms with Crippen LogP contribution in [0.1, 0.15) is 46.3 Å². The van der Waals surface area contributed by atoms with Gasteiger partial charge in [-0.25, -0.2) is 14.8 Å². The van der Waals surface area contributed by atoms with Gasteiger partial charge in [-0.05, 0) is 25.8 Å². The predicted octanol–water partition coefficient (Wildman–Crippen LogP) is 1.73. The van der Waals surface area contributed by atoms with E-state index in [0.29, 0.717) is 29.6 Å². The molecule has 0 N–H and O–H groups in total. The van der Waals surface area contributed by atoms with E-state index in [1.165, 1.54) is 24.3 Å². The number of fused-ring (bicyclic) bond motifs is 1. The van der Waals surface area contributed by atoms with Gasteiger partial charge in [0.05, 0.1) is 34.6 Å². The quantitative estimate of drug-likeness (QED) is 0.592. The third kappa shape index (κ3) is 3.45. The van der Waals surface area contributed by atoms with Gasteiger partial charge < -0.3 is 4.90 Å². The summed E-state index contributed by atoms with van der Waals surface area (Å²) in [6, 6.07) is 0.0286. The number of aromatic nitrogens is 5. The maximum absolute atomic E-state index is 13.9. The molecule has 0 bridgehead atoms. The fourth-order valence-corrected chi connectivity index (χ4v) is 3.94. The molecule has 0 saturated carbocycles. The molecule has 1 atom stereocenters. The smallest absolute Gasteiger partial charge is 0.329 e. The Labute approximate surface area is 179 Å². The Balaban J connectivity index is 1.90. The molecular formula is C20H19F3N6O3. The fourth-order valence-electron chi connectivity index (χ4n) is 3.94. The summed E-state index contributed by atoms with van der Waals surface area (Å²) in [4.78, 5) is 51.6. The number of hydrogen-bond donors (Lipinski definition) is 0. The molecule has 0 aliphatic carbocycles. The third-order valence-electron chi connectivity index (χ3n) is 5.59. The average Bonchev–Trinajstić information content (AvgIpc) is 3.24. The first-order valence-electron chi connectivity index (χ1n) is 9.78. The maximum atomic E-state index is 13.9. The molecule has 1 aliphatic heterocycles. The largest absolute Gasteiger partial charge is 0.417 e. The van der Waals surface area contributed by atoms with E-state index in [4.69, 9.17) is 0 Å². The summed E-state index contributed by atoms with van der Waals surface area (Å²) in [6.45, 7) is 2.02. The van der Waals surface area contributed by atoms with Crippen LogP contribution in [0.5, 0.6) is 0 Å². The lowest BCUT2D eigenvalue weighted by molar-refractivity contribution is -0.136. The Bertz CT molecular complexity index is 1340. The van der Waals surface area contributed by atoms with Crippen molar-refractivity contribution in [3.63, 3.8) is 0 Å². The predicted molar refractivity (Wildman–Crippen MR) is 107 cm³/mol. The number of pyridine rings is 1. The van der Waals surface area contributed by atoms with Crippen LogP contribution in [0.15, 0.2) is 28.0 Å². The number of alkyl halides is 3. The van der Waals surface area contributed by atoms with Crippen molar-refractivity contribution in [3.8, 4) is 0 Å². The Morgan fingerprint density at radius 2 is 1.84 bits per heavy atom. The first-order chi connectivity index (χ1) is 15.0. The molecule has 0 spiro atoms. The molecule has 4 heterocycles. The van der Waals surface area contributed by atoms with Crippen molar-refractivity contribution in [3.05, 3.63) is 61.9 Å². The highest BCUT2D eigenvalue weighted by Crippen LogP contribution is 2.38. The Kier molecular flexibility index (Phi) is 5.10. The normalized spacial score (nSPS) is 16.7. The lowest BCUT2D eigenvalue weighted by Crippen LogP contribution is -2.39. The number of likely N-dealkylation sites (tertiary alicyclic amines) is 1. The first kappa shape index (κ1) is 21.7. The van der Waals surface area contributed by atoms with Crippen LogP contribution >= 0.6 is 0 Å². The van der Waals surface area contributed by atoms with Crippen molar-refractivity contribution in [2.75, 3.05) is 6.54 Å². The van der Waals surface area contributed by atoms with Crippen LogP contribution < -0.4 is 11.2 Å². The van der Waals surface area contributed by atoms with Gasteiger partial charge in [-0.2, -0.15) is 13.2 Å². The molecule has 0 unspecified atom stereocenters.